The van der Waals surface area contributed by atoms with E-state index in [9.17, 15) is 19.2 Å². The maximum atomic E-state index is 11.7. The molecule has 0 saturated carbocycles. The fourth-order valence-electron chi connectivity index (χ4n) is 2.49. The standard InChI is InChI=1S/C16H16N2O4/c1-10(20)17(11(2)21)7-13-5-4-6-15-16(13)14(9-19)8-18(15)12(3)22/h4-6,8-9H,7H2,1-3H3. The number of aromatic nitrogens is 1. The molecule has 1 heterocycles. The van der Waals surface area contributed by atoms with Gasteiger partial charge >= 0.3 is 0 Å². The van der Waals surface area contributed by atoms with E-state index in [1.54, 1.807) is 18.2 Å². The summed E-state index contributed by atoms with van der Waals surface area (Å²) in [4.78, 5) is 47.2. The molecule has 0 fully saturated rings. The molecule has 0 atom stereocenters. The highest BCUT2D eigenvalue weighted by atomic mass is 16.2. The van der Waals surface area contributed by atoms with Gasteiger partial charge in [0.1, 0.15) is 0 Å². The number of carbonyl (C=O) groups excluding carboxylic acids is 4. The lowest BCUT2D eigenvalue weighted by Crippen LogP contribution is -2.32. The first kappa shape index (κ1) is 15.6. The van der Waals surface area contributed by atoms with E-state index in [1.807, 2.05) is 0 Å². The van der Waals surface area contributed by atoms with E-state index in [4.69, 9.17) is 0 Å². The Kier molecular flexibility index (Phi) is 4.21. The molecule has 1 aromatic heterocycles. The first-order valence-corrected chi connectivity index (χ1v) is 6.74. The number of aldehydes is 1. The van der Waals surface area contributed by atoms with Gasteiger partial charge in [-0.1, -0.05) is 12.1 Å². The molecule has 0 spiro atoms. The van der Waals surface area contributed by atoms with E-state index in [-0.39, 0.29) is 24.3 Å². The van der Waals surface area contributed by atoms with Crippen LogP contribution in [-0.4, -0.2) is 33.5 Å². The van der Waals surface area contributed by atoms with Crippen LogP contribution in [-0.2, 0) is 16.1 Å². The number of imide groups is 1. The first-order chi connectivity index (χ1) is 10.4. The third-order valence-electron chi connectivity index (χ3n) is 3.50. The third kappa shape index (κ3) is 2.67. The number of fused-ring (bicyclic) bond motifs is 1. The second kappa shape index (κ2) is 5.93. The average Bonchev–Trinajstić information content (AvgIpc) is 2.83. The predicted octanol–water partition coefficient (Wildman–Crippen LogP) is 2.01. The molecule has 1 aromatic carbocycles. The van der Waals surface area contributed by atoms with Crippen LogP contribution >= 0.6 is 0 Å². The average molecular weight is 300 g/mol. The molecule has 0 aliphatic carbocycles. The highest BCUT2D eigenvalue weighted by Gasteiger charge is 2.19. The van der Waals surface area contributed by atoms with Crippen molar-refractivity contribution in [2.45, 2.75) is 27.3 Å². The van der Waals surface area contributed by atoms with E-state index < -0.39 is 0 Å². The van der Waals surface area contributed by atoms with Crippen molar-refractivity contribution in [3.63, 3.8) is 0 Å². The Balaban J connectivity index is 2.64. The lowest BCUT2D eigenvalue weighted by Gasteiger charge is -2.18. The Bertz CT molecular complexity index is 775. The maximum Gasteiger partial charge on any atom is 0.227 e. The molecule has 6 nitrogen and oxygen atoms in total. The molecule has 2 rings (SSSR count). The van der Waals surface area contributed by atoms with Crippen molar-refractivity contribution in [2.24, 2.45) is 0 Å². The summed E-state index contributed by atoms with van der Waals surface area (Å²) in [5.41, 5.74) is 1.58. The molecule has 0 unspecified atom stereocenters. The van der Waals surface area contributed by atoms with E-state index in [1.165, 1.54) is 31.5 Å². The van der Waals surface area contributed by atoms with Gasteiger partial charge in [-0.3, -0.25) is 28.6 Å². The zero-order chi connectivity index (χ0) is 16.4. The molecular formula is C16H16N2O4. The highest BCUT2D eigenvalue weighted by molar-refractivity contribution is 6.04. The zero-order valence-corrected chi connectivity index (χ0v) is 12.6. The largest absolute Gasteiger partial charge is 0.298 e. The Morgan fingerprint density at radius 1 is 1.14 bits per heavy atom. The molecule has 6 heteroatoms. The highest BCUT2D eigenvalue weighted by Crippen LogP contribution is 2.25. The second-order valence-electron chi connectivity index (χ2n) is 5.03. The topological polar surface area (TPSA) is 76.5 Å². The summed E-state index contributed by atoms with van der Waals surface area (Å²) in [6, 6.07) is 5.18. The van der Waals surface area contributed by atoms with Gasteiger partial charge in [-0.2, -0.15) is 0 Å². The molecule has 0 saturated heterocycles. The van der Waals surface area contributed by atoms with Crippen LogP contribution in [0.15, 0.2) is 24.4 Å². The molecule has 2 aromatic rings. The van der Waals surface area contributed by atoms with Crippen molar-refractivity contribution in [2.75, 3.05) is 0 Å². The zero-order valence-electron chi connectivity index (χ0n) is 12.6. The summed E-state index contributed by atoms with van der Waals surface area (Å²) < 4.78 is 1.38. The lowest BCUT2D eigenvalue weighted by atomic mass is 10.1. The van der Waals surface area contributed by atoms with Crippen molar-refractivity contribution in [3.8, 4) is 0 Å². The molecule has 0 radical (unpaired) electrons. The molecule has 2 amide bonds. The van der Waals surface area contributed by atoms with Crippen molar-refractivity contribution < 1.29 is 19.2 Å². The SMILES string of the molecule is CC(=O)N(Cc1cccc2c1c(C=O)cn2C(C)=O)C(C)=O. The number of nitrogens with zero attached hydrogens (tertiary/aromatic N) is 2. The molecule has 0 bridgehead atoms. The minimum absolute atomic E-state index is 0.0603. The summed E-state index contributed by atoms with van der Waals surface area (Å²) in [5, 5.41) is 0.584. The molecule has 114 valence electrons. The van der Waals surface area contributed by atoms with Gasteiger partial charge in [0.25, 0.3) is 0 Å². The van der Waals surface area contributed by atoms with Crippen LogP contribution in [0.4, 0.5) is 0 Å². The van der Waals surface area contributed by atoms with Crippen LogP contribution in [0, 0.1) is 0 Å². The van der Waals surface area contributed by atoms with E-state index in [0.29, 0.717) is 28.3 Å². The summed E-state index contributed by atoms with van der Waals surface area (Å²) in [5.74, 6) is -0.962. The summed E-state index contributed by atoms with van der Waals surface area (Å²) >= 11 is 0. The van der Waals surface area contributed by atoms with E-state index in [0.717, 1.165) is 4.90 Å². The Labute approximate surface area is 127 Å². The van der Waals surface area contributed by atoms with Crippen LogP contribution in [0.25, 0.3) is 10.9 Å². The van der Waals surface area contributed by atoms with Crippen molar-refractivity contribution >= 4 is 34.9 Å². The van der Waals surface area contributed by atoms with Crippen molar-refractivity contribution in [3.05, 3.63) is 35.5 Å². The predicted molar refractivity (Wildman–Crippen MR) is 80.5 cm³/mol. The third-order valence-corrected chi connectivity index (χ3v) is 3.50. The number of amides is 2. The number of hydrogen-bond donors (Lipinski definition) is 0. The number of carbonyl (C=O) groups is 4. The fourth-order valence-corrected chi connectivity index (χ4v) is 2.49. The summed E-state index contributed by atoms with van der Waals surface area (Å²) in [6.45, 7) is 4.08. The van der Waals surface area contributed by atoms with Gasteiger partial charge in [-0.15, -0.1) is 0 Å². The van der Waals surface area contributed by atoms with Crippen molar-refractivity contribution in [1.82, 2.24) is 9.47 Å². The molecular weight excluding hydrogens is 284 g/mol. The van der Waals surface area contributed by atoms with Crippen LogP contribution < -0.4 is 0 Å². The molecule has 0 aliphatic heterocycles. The van der Waals surface area contributed by atoms with E-state index >= 15 is 0 Å². The Hall–Kier alpha value is -2.76. The van der Waals surface area contributed by atoms with Crippen LogP contribution in [0.5, 0.6) is 0 Å². The van der Waals surface area contributed by atoms with Gasteiger partial charge in [0, 0.05) is 37.9 Å². The van der Waals surface area contributed by atoms with Gasteiger partial charge in [0.05, 0.1) is 12.1 Å². The minimum atomic E-state index is -0.372. The minimum Gasteiger partial charge on any atom is -0.298 e. The lowest BCUT2D eigenvalue weighted by molar-refractivity contribution is -0.142. The second-order valence-corrected chi connectivity index (χ2v) is 5.03. The summed E-state index contributed by atoms with van der Waals surface area (Å²) in [6.07, 6.45) is 2.13. The Morgan fingerprint density at radius 3 is 2.27 bits per heavy atom. The normalized spacial score (nSPS) is 10.5. The fraction of sp³-hybridized carbons (Fsp3) is 0.250. The van der Waals surface area contributed by atoms with E-state index in [2.05, 4.69) is 0 Å². The van der Waals surface area contributed by atoms with Gasteiger partial charge in [-0.05, 0) is 11.6 Å². The Morgan fingerprint density at radius 2 is 1.77 bits per heavy atom. The van der Waals surface area contributed by atoms with Crippen molar-refractivity contribution in [1.29, 1.82) is 0 Å². The first-order valence-electron chi connectivity index (χ1n) is 6.74. The quantitative estimate of drug-likeness (QED) is 0.812. The summed E-state index contributed by atoms with van der Waals surface area (Å²) in [7, 11) is 0. The smallest absolute Gasteiger partial charge is 0.227 e. The molecule has 0 aliphatic rings. The van der Waals surface area contributed by atoms with Gasteiger partial charge in [0.2, 0.25) is 17.7 Å². The monoisotopic (exact) mass is 300 g/mol. The van der Waals surface area contributed by atoms with Gasteiger partial charge < -0.3 is 0 Å². The van der Waals surface area contributed by atoms with Gasteiger partial charge in [0.15, 0.2) is 6.29 Å². The number of rotatable bonds is 3. The van der Waals surface area contributed by atoms with Gasteiger partial charge in [-0.25, -0.2) is 0 Å². The molecule has 0 N–H and O–H groups in total. The van der Waals surface area contributed by atoms with Crippen LogP contribution in [0.2, 0.25) is 0 Å². The number of benzene rings is 1. The molecule has 22 heavy (non-hydrogen) atoms. The maximum absolute atomic E-state index is 11.7. The van der Waals surface area contributed by atoms with Crippen LogP contribution in [0.3, 0.4) is 0 Å². The van der Waals surface area contributed by atoms with Crippen LogP contribution in [0.1, 0.15) is 41.5 Å². The number of hydrogen-bond acceptors (Lipinski definition) is 4.